The van der Waals surface area contributed by atoms with Gasteiger partial charge < -0.3 is 19.7 Å². The maximum Gasteiger partial charge on any atom is 0.338 e. The number of furan rings is 1. The third-order valence-electron chi connectivity index (χ3n) is 3.46. The van der Waals surface area contributed by atoms with Gasteiger partial charge in [0.2, 0.25) is 0 Å². The molecule has 1 aliphatic rings. The normalized spacial score (nSPS) is 17.7. The Bertz CT molecular complexity index is 411. The molecule has 1 aliphatic heterocycles. The number of aromatic carboxylic acids is 1. The van der Waals surface area contributed by atoms with Crippen molar-refractivity contribution < 1.29 is 14.3 Å². The summed E-state index contributed by atoms with van der Waals surface area (Å²) in [6.45, 7) is 7.31. The molecular weight excluding hydrogens is 244 g/mol. The van der Waals surface area contributed by atoms with E-state index in [-0.39, 0.29) is 5.56 Å². The molecule has 106 valence electrons. The molecule has 0 spiro atoms. The number of hydrogen-bond donors (Lipinski definition) is 2. The lowest BCUT2D eigenvalue weighted by atomic mass is 10.1. The van der Waals surface area contributed by atoms with Crippen molar-refractivity contribution in [2.45, 2.75) is 26.3 Å². The largest absolute Gasteiger partial charge is 0.478 e. The van der Waals surface area contributed by atoms with Gasteiger partial charge in [-0.2, -0.15) is 0 Å². The molecule has 0 radical (unpaired) electrons. The first-order valence-corrected chi connectivity index (χ1v) is 6.89. The molecule has 0 aliphatic carbocycles. The van der Waals surface area contributed by atoms with E-state index in [9.17, 15) is 4.79 Å². The van der Waals surface area contributed by atoms with Crippen LogP contribution in [-0.4, -0.2) is 42.2 Å². The highest BCUT2D eigenvalue weighted by Gasteiger charge is 2.14. The first-order chi connectivity index (χ1) is 9.15. The maximum absolute atomic E-state index is 10.7. The van der Waals surface area contributed by atoms with Gasteiger partial charge in [-0.15, -0.1) is 0 Å². The molecule has 2 rings (SSSR count). The molecule has 0 aromatic carbocycles. The van der Waals surface area contributed by atoms with Gasteiger partial charge in [-0.25, -0.2) is 4.79 Å². The summed E-state index contributed by atoms with van der Waals surface area (Å²) in [5.74, 6) is 0.315. The molecule has 1 saturated heterocycles. The fourth-order valence-electron chi connectivity index (χ4n) is 2.50. The minimum atomic E-state index is -0.947. The summed E-state index contributed by atoms with van der Waals surface area (Å²) in [6, 6.07) is 1.57. The van der Waals surface area contributed by atoms with Crippen LogP contribution in [-0.2, 0) is 6.54 Å². The van der Waals surface area contributed by atoms with E-state index < -0.39 is 5.97 Å². The third-order valence-corrected chi connectivity index (χ3v) is 3.46. The first kappa shape index (κ1) is 14.1. The van der Waals surface area contributed by atoms with Gasteiger partial charge in [0.15, 0.2) is 0 Å². The van der Waals surface area contributed by atoms with Gasteiger partial charge >= 0.3 is 5.97 Å². The molecule has 1 fully saturated rings. The van der Waals surface area contributed by atoms with Gasteiger partial charge in [-0.1, -0.05) is 6.92 Å². The molecule has 19 heavy (non-hydrogen) atoms. The topological polar surface area (TPSA) is 65.7 Å². The number of carboxylic acids is 1. The molecule has 0 bridgehead atoms. The molecule has 0 amide bonds. The Morgan fingerprint density at radius 3 is 2.89 bits per heavy atom. The standard InChI is InChI=1S/C14H22N2O3/c1-11(9-16-4-2-3-5-16)7-15-8-13-6-12(10-19-13)14(17)18/h6,10-11,15H,2-5,7-9H2,1H3,(H,17,18). The van der Waals surface area contributed by atoms with Crippen LogP contribution in [0.15, 0.2) is 16.7 Å². The summed E-state index contributed by atoms with van der Waals surface area (Å²) in [6.07, 6.45) is 3.93. The number of nitrogens with one attached hydrogen (secondary N) is 1. The van der Waals surface area contributed by atoms with Crippen LogP contribution in [0.2, 0.25) is 0 Å². The first-order valence-electron chi connectivity index (χ1n) is 6.89. The molecule has 0 saturated carbocycles. The van der Waals surface area contributed by atoms with Gasteiger partial charge in [0.05, 0.1) is 12.1 Å². The summed E-state index contributed by atoms with van der Waals surface area (Å²) < 4.78 is 5.19. The monoisotopic (exact) mass is 266 g/mol. The van der Waals surface area contributed by atoms with E-state index in [1.54, 1.807) is 6.07 Å². The van der Waals surface area contributed by atoms with E-state index in [4.69, 9.17) is 9.52 Å². The Kier molecular flexibility index (Phi) is 4.99. The zero-order valence-electron chi connectivity index (χ0n) is 11.4. The predicted molar refractivity (Wildman–Crippen MR) is 72.2 cm³/mol. The Labute approximate surface area is 113 Å². The van der Waals surface area contributed by atoms with E-state index >= 15 is 0 Å². The van der Waals surface area contributed by atoms with Crippen LogP contribution in [0.1, 0.15) is 35.9 Å². The molecule has 2 heterocycles. The minimum absolute atomic E-state index is 0.210. The highest BCUT2D eigenvalue weighted by Crippen LogP contribution is 2.10. The zero-order valence-corrected chi connectivity index (χ0v) is 11.4. The quantitative estimate of drug-likeness (QED) is 0.788. The van der Waals surface area contributed by atoms with Crippen LogP contribution in [0.25, 0.3) is 0 Å². The summed E-state index contributed by atoms with van der Waals surface area (Å²) >= 11 is 0. The van der Waals surface area contributed by atoms with Crippen LogP contribution >= 0.6 is 0 Å². The van der Waals surface area contributed by atoms with Gasteiger partial charge in [0.25, 0.3) is 0 Å². The van der Waals surface area contributed by atoms with Crippen molar-refractivity contribution in [1.29, 1.82) is 0 Å². The Balaban J connectivity index is 1.65. The molecule has 1 atom stereocenters. The number of hydrogen-bond acceptors (Lipinski definition) is 4. The highest BCUT2D eigenvalue weighted by atomic mass is 16.4. The third kappa shape index (κ3) is 4.36. The smallest absolute Gasteiger partial charge is 0.338 e. The van der Waals surface area contributed by atoms with E-state index in [1.165, 1.54) is 32.2 Å². The average molecular weight is 266 g/mol. The Morgan fingerprint density at radius 2 is 2.26 bits per heavy atom. The van der Waals surface area contributed by atoms with Crippen LogP contribution in [0, 0.1) is 5.92 Å². The second-order valence-corrected chi connectivity index (χ2v) is 5.35. The Hall–Kier alpha value is -1.33. The summed E-state index contributed by atoms with van der Waals surface area (Å²) in [5.41, 5.74) is 0.210. The van der Waals surface area contributed by atoms with Gasteiger partial charge in [0, 0.05) is 6.54 Å². The SMILES string of the molecule is CC(CNCc1cc(C(=O)O)co1)CN1CCCC1. The molecular formula is C14H22N2O3. The lowest BCUT2D eigenvalue weighted by Crippen LogP contribution is -2.31. The van der Waals surface area contributed by atoms with Crippen LogP contribution < -0.4 is 5.32 Å². The lowest BCUT2D eigenvalue weighted by Gasteiger charge is -2.20. The highest BCUT2D eigenvalue weighted by molar-refractivity contribution is 5.87. The maximum atomic E-state index is 10.7. The number of carboxylic acid groups (broad SMARTS) is 1. The molecule has 1 aromatic rings. The van der Waals surface area contributed by atoms with Crippen molar-refractivity contribution in [3.63, 3.8) is 0 Å². The van der Waals surface area contributed by atoms with Crippen molar-refractivity contribution in [2.24, 2.45) is 5.92 Å². The predicted octanol–water partition coefficient (Wildman–Crippen LogP) is 1.80. The van der Waals surface area contributed by atoms with Crippen molar-refractivity contribution in [3.05, 3.63) is 23.7 Å². The second kappa shape index (κ2) is 6.73. The molecule has 1 aromatic heterocycles. The summed E-state index contributed by atoms with van der Waals surface area (Å²) in [5, 5.41) is 12.1. The van der Waals surface area contributed by atoms with Gasteiger partial charge in [-0.05, 0) is 44.5 Å². The van der Waals surface area contributed by atoms with Crippen molar-refractivity contribution in [1.82, 2.24) is 10.2 Å². The molecule has 2 N–H and O–H groups in total. The van der Waals surface area contributed by atoms with E-state index in [2.05, 4.69) is 17.1 Å². The molecule has 1 unspecified atom stereocenters. The average Bonchev–Trinajstić information content (AvgIpc) is 3.00. The Morgan fingerprint density at radius 1 is 1.53 bits per heavy atom. The minimum Gasteiger partial charge on any atom is -0.478 e. The van der Waals surface area contributed by atoms with Crippen LogP contribution in [0.4, 0.5) is 0 Å². The van der Waals surface area contributed by atoms with Crippen molar-refractivity contribution in [3.8, 4) is 0 Å². The summed E-state index contributed by atoms with van der Waals surface area (Å²) in [4.78, 5) is 13.2. The van der Waals surface area contributed by atoms with Gasteiger partial charge in [-0.3, -0.25) is 0 Å². The molecule has 5 heteroatoms. The summed E-state index contributed by atoms with van der Waals surface area (Å²) in [7, 11) is 0. The number of likely N-dealkylation sites (tertiary alicyclic amines) is 1. The van der Waals surface area contributed by atoms with Crippen LogP contribution in [0.3, 0.4) is 0 Å². The van der Waals surface area contributed by atoms with E-state index in [1.807, 2.05) is 0 Å². The van der Waals surface area contributed by atoms with Gasteiger partial charge in [0.1, 0.15) is 12.0 Å². The van der Waals surface area contributed by atoms with E-state index in [0.29, 0.717) is 18.2 Å². The lowest BCUT2D eigenvalue weighted by molar-refractivity contribution is 0.0696. The molecule has 5 nitrogen and oxygen atoms in total. The fourth-order valence-corrected chi connectivity index (χ4v) is 2.50. The number of carbonyl (C=O) groups is 1. The fraction of sp³-hybridized carbons (Fsp3) is 0.643. The zero-order chi connectivity index (χ0) is 13.7. The van der Waals surface area contributed by atoms with E-state index in [0.717, 1.165) is 13.1 Å². The number of nitrogens with zero attached hydrogens (tertiary/aromatic N) is 1. The number of rotatable bonds is 7. The van der Waals surface area contributed by atoms with Crippen molar-refractivity contribution >= 4 is 5.97 Å². The van der Waals surface area contributed by atoms with Crippen molar-refractivity contribution in [2.75, 3.05) is 26.2 Å². The second-order valence-electron chi connectivity index (χ2n) is 5.35. The van der Waals surface area contributed by atoms with Crippen LogP contribution in [0.5, 0.6) is 0 Å².